The van der Waals surface area contributed by atoms with Crippen LogP contribution < -0.4 is 10.1 Å². The van der Waals surface area contributed by atoms with Gasteiger partial charge in [-0.3, -0.25) is 5.32 Å². The first-order valence-electron chi connectivity index (χ1n) is 8.24. The molecule has 0 saturated heterocycles. The fourth-order valence-electron chi connectivity index (χ4n) is 2.47. The zero-order valence-electron chi connectivity index (χ0n) is 13.9. The Morgan fingerprint density at radius 1 is 1.00 bits per heavy atom. The second-order valence-corrected chi connectivity index (χ2v) is 5.83. The average molecular weight is 311 g/mol. The molecule has 23 heavy (non-hydrogen) atoms. The van der Waals surface area contributed by atoms with Crippen molar-refractivity contribution >= 4 is 5.97 Å². The van der Waals surface area contributed by atoms with Crippen LogP contribution >= 0.6 is 0 Å². The Hall–Kier alpha value is -2.13. The highest BCUT2D eigenvalue weighted by atomic mass is 16.5. The summed E-state index contributed by atoms with van der Waals surface area (Å²) >= 11 is 0. The predicted octanol–water partition coefficient (Wildman–Crippen LogP) is 4.29. The maximum Gasteiger partial charge on any atom is 0.336 e. The summed E-state index contributed by atoms with van der Waals surface area (Å²) in [6, 6.07) is 18.9. The molecule has 1 N–H and O–H groups in total. The molecule has 0 amide bonds. The summed E-state index contributed by atoms with van der Waals surface area (Å²) in [6.07, 6.45) is 3.33. The summed E-state index contributed by atoms with van der Waals surface area (Å²) in [5.41, 5.74) is 0.0580. The minimum absolute atomic E-state index is 0.286. The van der Waals surface area contributed by atoms with Gasteiger partial charge in [0, 0.05) is 0 Å². The molecule has 0 spiro atoms. The molecule has 0 fully saturated rings. The van der Waals surface area contributed by atoms with Gasteiger partial charge in [-0.1, -0.05) is 68.3 Å². The molecular formula is C20H25NO2. The number of unbranched alkanes of at least 4 members (excludes halogenated alkanes) is 2. The van der Waals surface area contributed by atoms with Crippen LogP contribution in [0.25, 0.3) is 0 Å². The lowest BCUT2D eigenvalue weighted by Gasteiger charge is -2.29. The summed E-state index contributed by atoms with van der Waals surface area (Å²) in [6.45, 7) is 4.84. The first-order chi connectivity index (χ1) is 11.2. The Labute approximate surface area is 138 Å². The molecule has 2 rings (SSSR count). The zero-order chi connectivity index (χ0) is 16.5. The van der Waals surface area contributed by atoms with Crippen molar-refractivity contribution in [3.63, 3.8) is 0 Å². The fourth-order valence-corrected chi connectivity index (χ4v) is 2.47. The predicted molar refractivity (Wildman–Crippen MR) is 93.4 cm³/mol. The minimum atomic E-state index is -0.856. The van der Waals surface area contributed by atoms with E-state index in [1.807, 2.05) is 55.5 Å². The smallest absolute Gasteiger partial charge is 0.336 e. The molecule has 0 saturated carbocycles. The molecule has 122 valence electrons. The van der Waals surface area contributed by atoms with Crippen LogP contribution in [0.2, 0.25) is 0 Å². The van der Waals surface area contributed by atoms with Gasteiger partial charge in [-0.2, -0.15) is 0 Å². The summed E-state index contributed by atoms with van der Waals surface area (Å²) in [5, 5.41) is 3.39. The molecule has 3 nitrogen and oxygen atoms in total. The number of hydrogen-bond donors (Lipinski definition) is 1. The Morgan fingerprint density at radius 3 is 2.22 bits per heavy atom. The van der Waals surface area contributed by atoms with Crippen molar-refractivity contribution in [1.82, 2.24) is 5.32 Å². The SMILES string of the molecule is CCCCCNC(C)(C(=O)Oc1ccccc1)c1ccccc1. The maximum atomic E-state index is 12.8. The van der Waals surface area contributed by atoms with E-state index in [2.05, 4.69) is 12.2 Å². The number of nitrogens with one attached hydrogen (secondary N) is 1. The van der Waals surface area contributed by atoms with Crippen LogP contribution in [0.5, 0.6) is 5.75 Å². The number of para-hydroxylation sites is 1. The van der Waals surface area contributed by atoms with Crippen LogP contribution in [0.3, 0.4) is 0 Å². The van der Waals surface area contributed by atoms with E-state index in [-0.39, 0.29) is 5.97 Å². The molecule has 1 unspecified atom stereocenters. The number of benzene rings is 2. The highest BCUT2D eigenvalue weighted by molar-refractivity contribution is 5.84. The number of hydrogen-bond acceptors (Lipinski definition) is 3. The van der Waals surface area contributed by atoms with E-state index in [0.717, 1.165) is 31.4 Å². The van der Waals surface area contributed by atoms with Crippen molar-refractivity contribution in [1.29, 1.82) is 0 Å². The van der Waals surface area contributed by atoms with Crippen LogP contribution in [0.4, 0.5) is 0 Å². The summed E-state index contributed by atoms with van der Waals surface area (Å²) < 4.78 is 5.59. The summed E-state index contributed by atoms with van der Waals surface area (Å²) in [4.78, 5) is 12.8. The highest BCUT2D eigenvalue weighted by Crippen LogP contribution is 2.24. The summed E-state index contributed by atoms with van der Waals surface area (Å²) in [5.74, 6) is 0.279. The summed E-state index contributed by atoms with van der Waals surface area (Å²) in [7, 11) is 0. The number of carbonyl (C=O) groups is 1. The normalized spacial score (nSPS) is 13.3. The first-order valence-corrected chi connectivity index (χ1v) is 8.24. The number of ether oxygens (including phenoxy) is 1. The van der Waals surface area contributed by atoms with Gasteiger partial charge in [0.05, 0.1) is 0 Å². The second-order valence-electron chi connectivity index (χ2n) is 5.83. The Kier molecular flexibility index (Phi) is 6.36. The molecule has 0 aromatic heterocycles. The van der Waals surface area contributed by atoms with E-state index >= 15 is 0 Å². The quantitative estimate of drug-likeness (QED) is 0.449. The van der Waals surface area contributed by atoms with Gasteiger partial charge in [-0.25, -0.2) is 4.79 Å². The lowest BCUT2D eigenvalue weighted by Crippen LogP contribution is -2.49. The molecule has 1 atom stereocenters. The van der Waals surface area contributed by atoms with Crippen molar-refractivity contribution in [3.05, 3.63) is 66.2 Å². The third kappa shape index (κ3) is 4.67. The molecular weight excluding hydrogens is 286 g/mol. The van der Waals surface area contributed by atoms with E-state index in [9.17, 15) is 4.79 Å². The van der Waals surface area contributed by atoms with Gasteiger partial charge < -0.3 is 4.74 Å². The monoisotopic (exact) mass is 311 g/mol. The molecule has 3 heteroatoms. The third-order valence-electron chi connectivity index (χ3n) is 3.97. The lowest BCUT2D eigenvalue weighted by atomic mass is 9.91. The van der Waals surface area contributed by atoms with Crippen molar-refractivity contribution < 1.29 is 9.53 Å². The van der Waals surface area contributed by atoms with Gasteiger partial charge in [0.25, 0.3) is 0 Å². The van der Waals surface area contributed by atoms with E-state index in [1.165, 1.54) is 0 Å². The van der Waals surface area contributed by atoms with E-state index in [0.29, 0.717) is 5.75 Å². The van der Waals surface area contributed by atoms with Gasteiger partial charge in [0.1, 0.15) is 11.3 Å². The lowest BCUT2D eigenvalue weighted by molar-refractivity contribution is -0.141. The Balaban J connectivity index is 2.17. The van der Waals surface area contributed by atoms with E-state index in [1.54, 1.807) is 12.1 Å². The fraction of sp³-hybridized carbons (Fsp3) is 0.350. The largest absolute Gasteiger partial charge is 0.425 e. The van der Waals surface area contributed by atoms with Crippen LogP contribution in [-0.4, -0.2) is 12.5 Å². The zero-order valence-corrected chi connectivity index (χ0v) is 13.9. The van der Waals surface area contributed by atoms with Gasteiger partial charge in [-0.15, -0.1) is 0 Å². The molecule has 2 aromatic rings. The first kappa shape index (κ1) is 17.2. The van der Waals surface area contributed by atoms with Crippen LogP contribution in [0, 0.1) is 0 Å². The van der Waals surface area contributed by atoms with Crippen molar-refractivity contribution in [2.75, 3.05) is 6.54 Å². The van der Waals surface area contributed by atoms with Gasteiger partial charge in [0.15, 0.2) is 0 Å². The standard InChI is InChI=1S/C20H25NO2/c1-3-4-11-16-21-20(2,17-12-7-5-8-13-17)19(22)23-18-14-9-6-10-15-18/h5-10,12-15,21H,3-4,11,16H2,1-2H3. The molecule has 0 heterocycles. The average Bonchev–Trinajstić information content (AvgIpc) is 2.60. The van der Waals surface area contributed by atoms with Crippen molar-refractivity contribution in [2.45, 2.75) is 38.6 Å². The molecule has 0 aliphatic carbocycles. The minimum Gasteiger partial charge on any atom is -0.425 e. The highest BCUT2D eigenvalue weighted by Gasteiger charge is 2.36. The van der Waals surface area contributed by atoms with Crippen molar-refractivity contribution in [2.24, 2.45) is 0 Å². The van der Waals surface area contributed by atoms with Crippen LogP contribution in [-0.2, 0) is 10.3 Å². The second kappa shape index (κ2) is 8.49. The van der Waals surface area contributed by atoms with Gasteiger partial charge in [0.2, 0.25) is 0 Å². The van der Waals surface area contributed by atoms with E-state index in [4.69, 9.17) is 4.74 Å². The van der Waals surface area contributed by atoms with Gasteiger partial charge >= 0.3 is 5.97 Å². The molecule has 0 radical (unpaired) electrons. The third-order valence-corrected chi connectivity index (χ3v) is 3.97. The number of esters is 1. The Bertz CT molecular complexity index is 598. The topological polar surface area (TPSA) is 38.3 Å². The molecule has 0 aliphatic rings. The number of carbonyl (C=O) groups excluding carboxylic acids is 1. The van der Waals surface area contributed by atoms with E-state index < -0.39 is 5.54 Å². The molecule has 0 bridgehead atoms. The van der Waals surface area contributed by atoms with Crippen LogP contribution in [0.15, 0.2) is 60.7 Å². The maximum absolute atomic E-state index is 12.8. The Morgan fingerprint density at radius 2 is 1.61 bits per heavy atom. The molecule has 0 aliphatic heterocycles. The van der Waals surface area contributed by atoms with Crippen molar-refractivity contribution in [3.8, 4) is 5.75 Å². The van der Waals surface area contributed by atoms with Crippen LogP contribution in [0.1, 0.15) is 38.7 Å². The van der Waals surface area contributed by atoms with Gasteiger partial charge in [-0.05, 0) is 37.6 Å². The number of rotatable bonds is 8. The molecule has 2 aromatic carbocycles.